The van der Waals surface area contributed by atoms with Gasteiger partial charge in [0.05, 0.1) is 14.2 Å². The first-order chi connectivity index (χ1) is 18.4. The first-order valence-corrected chi connectivity index (χ1v) is 12.9. The molecule has 0 radical (unpaired) electrons. The topological polar surface area (TPSA) is 95.7 Å². The van der Waals surface area contributed by atoms with Gasteiger partial charge in [0.1, 0.15) is 28.8 Å². The molecule has 38 heavy (non-hydrogen) atoms. The van der Waals surface area contributed by atoms with E-state index >= 15 is 0 Å². The minimum Gasteiger partial charge on any atom is -0.497 e. The van der Waals surface area contributed by atoms with E-state index in [1.54, 1.807) is 50.6 Å². The van der Waals surface area contributed by atoms with Crippen LogP contribution in [-0.2, 0) is 17.9 Å². The van der Waals surface area contributed by atoms with E-state index in [4.69, 9.17) is 25.8 Å². The fourth-order valence-corrected chi connectivity index (χ4v) is 4.74. The van der Waals surface area contributed by atoms with Crippen LogP contribution in [0.15, 0.2) is 76.8 Å². The smallest absolute Gasteiger partial charge is 0.342 e. The summed E-state index contributed by atoms with van der Waals surface area (Å²) in [5, 5.41) is 19.6. The molecule has 196 valence electrons. The molecule has 0 amide bonds. The zero-order valence-electron chi connectivity index (χ0n) is 21.1. The number of carbonyl (C=O) groups is 1. The number of methoxy groups -OCH3 is 2. The lowest BCUT2D eigenvalue weighted by molar-refractivity contribution is -0.131. The summed E-state index contributed by atoms with van der Waals surface area (Å²) in [5.74, 6) is 1.41. The van der Waals surface area contributed by atoms with Crippen LogP contribution in [0.2, 0.25) is 5.02 Å². The van der Waals surface area contributed by atoms with Gasteiger partial charge < -0.3 is 23.9 Å². The Balaban J connectivity index is 1.53. The second kappa shape index (κ2) is 12.5. The van der Waals surface area contributed by atoms with Crippen molar-refractivity contribution in [2.24, 2.45) is 0 Å². The third-order valence-corrected chi connectivity index (χ3v) is 6.76. The molecule has 0 saturated carbocycles. The maximum atomic E-state index is 12.1. The molecule has 0 unspecified atom stereocenters. The van der Waals surface area contributed by atoms with Gasteiger partial charge in [0.15, 0.2) is 11.0 Å². The summed E-state index contributed by atoms with van der Waals surface area (Å²) < 4.78 is 18.4. The van der Waals surface area contributed by atoms with Crippen molar-refractivity contribution in [2.45, 2.75) is 25.2 Å². The highest BCUT2D eigenvalue weighted by atomic mass is 35.5. The highest BCUT2D eigenvalue weighted by Gasteiger charge is 2.19. The summed E-state index contributed by atoms with van der Waals surface area (Å²) in [6, 6.07) is 20.1. The third kappa shape index (κ3) is 6.67. The number of carboxylic acids is 1. The molecule has 0 aliphatic rings. The molecule has 0 spiro atoms. The van der Waals surface area contributed by atoms with Crippen LogP contribution >= 0.6 is 23.4 Å². The fraction of sp³-hybridized carbons (Fsp3) is 0.179. The highest BCUT2D eigenvalue weighted by Crippen LogP contribution is 2.33. The Bertz CT molecular complexity index is 1430. The average molecular weight is 552 g/mol. The fourth-order valence-electron chi connectivity index (χ4n) is 3.64. The second-order valence-corrected chi connectivity index (χ2v) is 9.50. The van der Waals surface area contributed by atoms with Crippen LogP contribution in [-0.4, -0.2) is 40.1 Å². The Labute approximate surface area is 229 Å². The molecule has 0 aliphatic carbocycles. The molecule has 1 heterocycles. The van der Waals surface area contributed by atoms with E-state index in [1.165, 1.54) is 0 Å². The predicted molar refractivity (Wildman–Crippen MR) is 148 cm³/mol. The minimum absolute atomic E-state index is 0.106. The molecule has 1 aromatic heterocycles. The van der Waals surface area contributed by atoms with Crippen molar-refractivity contribution in [3.05, 3.63) is 87.8 Å². The van der Waals surface area contributed by atoms with E-state index in [0.717, 1.165) is 22.9 Å². The van der Waals surface area contributed by atoms with Gasteiger partial charge >= 0.3 is 5.97 Å². The lowest BCUT2D eigenvalue weighted by Gasteiger charge is -2.10. The van der Waals surface area contributed by atoms with Crippen molar-refractivity contribution in [3.8, 4) is 28.6 Å². The van der Waals surface area contributed by atoms with E-state index in [0.29, 0.717) is 52.0 Å². The van der Waals surface area contributed by atoms with E-state index in [9.17, 15) is 9.90 Å². The van der Waals surface area contributed by atoms with Crippen LogP contribution in [0.25, 0.3) is 17.5 Å². The van der Waals surface area contributed by atoms with Crippen LogP contribution in [0.4, 0.5) is 0 Å². The number of benzene rings is 3. The molecule has 8 nitrogen and oxygen atoms in total. The Morgan fingerprint density at radius 3 is 2.32 bits per heavy atom. The predicted octanol–water partition coefficient (Wildman–Crippen LogP) is 6.43. The van der Waals surface area contributed by atoms with Gasteiger partial charge in [-0.3, -0.25) is 0 Å². The van der Waals surface area contributed by atoms with E-state index in [2.05, 4.69) is 10.2 Å². The molecular weight excluding hydrogens is 526 g/mol. The van der Waals surface area contributed by atoms with Crippen molar-refractivity contribution in [1.29, 1.82) is 0 Å². The molecule has 0 aliphatic heterocycles. The third-order valence-electron chi connectivity index (χ3n) is 5.53. The first kappa shape index (κ1) is 27.1. The monoisotopic (exact) mass is 551 g/mol. The zero-order chi connectivity index (χ0) is 27.1. The number of halogens is 1. The lowest BCUT2D eigenvalue weighted by Crippen LogP contribution is -2.03. The minimum atomic E-state index is -1.06. The van der Waals surface area contributed by atoms with E-state index in [-0.39, 0.29) is 4.91 Å². The van der Waals surface area contributed by atoms with Crippen molar-refractivity contribution in [3.63, 3.8) is 0 Å². The van der Waals surface area contributed by atoms with Gasteiger partial charge in [-0.25, -0.2) is 4.79 Å². The summed E-state index contributed by atoms with van der Waals surface area (Å²) in [7, 11) is 3.15. The normalized spacial score (nSPS) is 11.3. The molecule has 3 aromatic carbocycles. The van der Waals surface area contributed by atoms with Crippen LogP contribution in [0.1, 0.15) is 18.1 Å². The molecular formula is C28H26ClN3O5S. The summed E-state index contributed by atoms with van der Waals surface area (Å²) in [6.45, 7) is 2.86. The standard InChI is InChI=1S/C28H26ClN3O5S/c1-4-32-26(20-14-23(35-2)16-24(15-20)36-3)30-31-28(32)38-25(27(33)34)13-18-8-10-22(11-9-18)37-17-19-6-5-7-21(29)12-19/h5-16H,4,17H2,1-3H3,(H,33,34)/b25-13-. The number of rotatable bonds is 11. The molecule has 4 rings (SSSR count). The number of hydrogen-bond donors (Lipinski definition) is 1. The lowest BCUT2D eigenvalue weighted by atomic mass is 10.2. The number of ether oxygens (including phenoxy) is 3. The average Bonchev–Trinajstić information content (AvgIpc) is 3.34. The number of aliphatic carboxylic acids is 1. The van der Waals surface area contributed by atoms with Gasteiger partial charge in [0, 0.05) is 23.2 Å². The molecule has 0 saturated heterocycles. The van der Waals surface area contributed by atoms with E-state index in [1.807, 2.05) is 47.9 Å². The molecule has 10 heteroatoms. The summed E-state index contributed by atoms with van der Waals surface area (Å²) in [4.78, 5) is 12.2. The van der Waals surface area contributed by atoms with Gasteiger partial charge in [0.2, 0.25) is 0 Å². The Kier molecular flexibility index (Phi) is 8.93. The van der Waals surface area contributed by atoms with Crippen molar-refractivity contribution in [2.75, 3.05) is 14.2 Å². The maximum absolute atomic E-state index is 12.1. The quantitative estimate of drug-likeness (QED) is 0.168. The van der Waals surface area contributed by atoms with Crippen LogP contribution < -0.4 is 14.2 Å². The number of hydrogen-bond acceptors (Lipinski definition) is 7. The van der Waals surface area contributed by atoms with Crippen molar-refractivity contribution < 1.29 is 24.1 Å². The molecule has 0 fully saturated rings. The molecule has 1 N–H and O–H groups in total. The molecule has 4 aromatic rings. The Hall–Kier alpha value is -3.95. The van der Waals surface area contributed by atoms with Gasteiger partial charge in [-0.15, -0.1) is 10.2 Å². The number of nitrogens with zero attached hydrogens (tertiary/aromatic N) is 3. The number of carboxylic acid groups (broad SMARTS) is 1. The second-order valence-electron chi connectivity index (χ2n) is 8.06. The summed E-state index contributed by atoms with van der Waals surface area (Å²) in [6.07, 6.45) is 1.59. The van der Waals surface area contributed by atoms with Crippen LogP contribution in [0, 0.1) is 0 Å². The van der Waals surface area contributed by atoms with Crippen molar-refractivity contribution >= 4 is 35.4 Å². The molecule has 0 bridgehead atoms. The summed E-state index contributed by atoms with van der Waals surface area (Å²) >= 11 is 7.06. The highest BCUT2D eigenvalue weighted by molar-refractivity contribution is 8.04. The van der Waals surface area contributed by atoms with Gasteiger partial charge in [0.25, 0.3) is 0 Å². The maximum Gasteiger partial charge on any atom is 0.342 e. The molecule has 0 atom stereocenters. The largest absolute Gasteiger partial charge is 0.497 e. The first-order valence-electron chi connectivity index (χ1n) is 11.7. The number of aromatic nitrogens is 3. The van der Waals surface area contributed by atoms with Crippen molar-refractivity contribution in [1.82, 2.24) is 14.8 Å². The van der Waals surface area contributed by atoms with Gasteiger partial charge in [-0.2, -0.15) is 0 Å². The SMILES string of the molecule is CCn1c(S/C(=C\c2ccc(OCc3cccc(Cl)c3)cc2)C(=O)O)nnc1-c1cc(OC)cc(OC)c1. The summed E-state index contributed by atoms with van der Waals surface area (Å²) in [5.41, 5.74) is 2.42. The Morgan fingerprint density at radius 2 is 1.71 bits per heavy atom. The van der Waals surface area contributed by atoms with E-state index < -0.39 is 5.97 Å². The van der Waals surface area contributed by atoms with Crippen LogP contribution in [0.5, 0.6) is 17.2 Å². The van der Waals surface area contributed by atoms with Gasteiger partial charge in [-0.05, 0) is 72.3 Å². The number of thioether (sulfide) groups is 1. The van der Waals surface area contributed by atoms with Gasteiger partial charge in [-0.1, -0.05) is 35.9 Å². The Morgan fingerprint density at radius 1 is 1.00 bits per heavy atom. The zero-order valence-corrected chi connectivity index (χ0v) is 22.6. The van der Waals surface area contributed by atoms with Crippen LogP contribution in [0.3, 0.4) is 0 Å².